The molecule has 0 spiro atoms. The molecular weight excluding hydrogens is 549 g/mol. The van der Waals surface area contributed by atoms with Crippen LogP contribution in [0.1, 0.15) is 79.4 Å². The molecule has 0 saturated carbocycles. The van der Waals surface area contributed by atoms with E-state index in [2.05, 4.69) is 116 Å². The van der Waals surface area contributed by atoms with E-state index < -0.39 is 0 Å². The summed E-state index contributed by atoms with van der Waals surface area (Å²) in [4.78, 5) is 0. The fourth-order valence-electron chi connectivity index (χ4n) is 8.05. The summed E-state index contributed by atoms with van der Waals surface area (Å²) in [5.41, 5.74) is 10.9. The molecule has 222 valence electrons. The molecule has 42 heavy (non-hydrogen) atoms. The molecule has 0 bridgehead atoms. The van der Waals surface area contributed by atoms with Crippen molar-refractivity contribution >= 4 is 24.6 Å². The fraction of sp³-hybridized carbons (Fsp3) is 0.462. The monoisotopic (exact) mass is 600 g/mol. The zero-order valence-electron chi connectivity index (χ0n) is 27.4. The van der Waals surface area contributed by atoms with Crippen molar-refractivity contribution in [2.45, 2.75) is 93.5 Å². The normalized spacial score (nSPS) is 23.1. The predicted octanol–water partition coefficient (Wildman–Crippen LogP) is 11.2. The Morgan fingerprint density at radius 1 is 0.452 bits per heavy atom. The van der Waals surface area contributed by atoms with Gasteiger partial charge in [-0.05, 0) is 56.8 Å². The van der Waals surface area contributed by atoms with Gasteiger partial charge in [-0.15, -0.1) is 0 Å². The van der Waals surface area contributed by atoms with Crippen LogP contribution in [0.5, 0.6) is 0 Å². The Balaban J connectivity index is 0.000000612. The van der Waals surface area contributed by atoms with Crippen molar-refractivity contribution in [1.82, 2.24) is 0 Å². The van der Waals surface area contributed by atoms with Gasteiger partial charge in [-0.2, -0.15) is 0 Å². The van der Waals surface area contributed by atoms with E-state index in [1.54, 1.807) is 22.1 Å². The summed E-state index contributed by atoms with van der Waals surface area (Å²) in [5.74, 6) is 0. The average molecular weight is 600 g/mol. The molecule has 2 aliphatic heterocycles. The van der Waals surface area contributed by atoms with Crippen molar-refractivity contribution < 1.29 is 16.8 Å². The minimum Gasteiger partial charge on any atom is -0.0925 e. The Hall–Kier alpha value is -1.96. The molecule has 6 rings (SSSR count). The first-order valence-electron chi connectivity index (χ1n) is 16.1. The summed E-state index contributed by atoms with van der Waals surface area (Å²) in [6, 6.07) is 22.8. The molecule has 2 fully saturated rings. The summed E-state index contributed by atoms with van der Waals surface area (Å²) in [5, 5.41) is 0. The maximum Gasteiger partial charge on any atom is 0.172 e. The molecule has 0 aromatic heterocycles. The first-order valence-corrected chi connectivity index (χ1v) is 16.1. The van der Waals surface area contributed by atoms with Crippen molar-refractivity contribution in [1.29, 1.82) is 0 Å². The van der Waals surface area contributed by atoms with Gasteiger partial charge in [-0.25, -0.2) is 0 Å². The van der Waals surface area contributed by atoms with Crippen LogP contribution < -0.4 is 0 Å². The summed E-state index contributed by atoms with van der Waals surface area (Å²) >= 11 is 0. The van der Waals surface area contributed by atoms with Gasteiger partial charge >= 0.3 is 0 Å². The van der Waals surface area contributed by atoms with Crippen LogP contribution in [0.15, 0.2) is 95.9 Å². The van der Waals surface area contributed by atoms with Crippen LogP contribution in [0.2, 0.25) is 25.3 Å². The van der Waals surface area contributed by atoms with Crippen LogP contribution in [0.25, 0.3) is 11.1 Å². The maximum absolute atomic E-state index is 2.50. The number of rotatable bonds is 4. The van der Waals surface area contributed by atoms with E-state index in [1.165, 1.54) is 49.2 Å². The van der Waals surface area contributed by atoms with E-state index >= 15 is 0 Å². The van der Waals surface area contributed by atoms with Gasteiger partial charge in [0.2, 0.25) is 0 Å². The average Bonchev–Trinajstić information content (AvgIpc) is 3.63. The van der Waals surface area contributed by atoms with Crippen molar-refractivity contribution in [2.24, 2.45) is 21.7 Å². The van der Waals surface area contributed by atoms with Gasteiger partial charge in [0, 0.05) is 23.2 Å². The molecule has 4 aliphatic rings. The van der Waals surface area contributed by atoms with Crippen molar-refractivity contribution in [2.75, 3.05) is 0 Å². The number of hydrogen-bond donors (Lipinski definition) is 0. The van der Waals surface area contributed by atoms with Crippen LogP contribution in [0.3, 0.4) is 0 Å². The molecule has 2 heterocycles. The van der Waals surface area contributed by atoms with Crippen LogP contribution in [0.4, 0.5) is 0 Å². The van der Waals surface area contributed by atoms with Crippen molar-refractivity contribution in [3.8, 4) is 0 Å². The second-order valence-corrected chi connectivity index (χ2v) is 15.7. The smallest absolute Gasteiger partial charge is 0.0925 e. The molecule has 3 heteroatoms. The third-order valence-electron chi connectivity index (χ3n) is 11.9. The van der Waals surface area contributed by atoms with E-state index in [0.717, 1.165) is 0 Å². The van der Waals surface area contributed by atoms with Gasteiger partial charge in [0.15, 0.2) is 13.4 Å². The molecule has 0 unspecified atom stereocenters. The molecule has 2 aromatic carbocycles. The van der Waals surface area contributed by atoms with Crippen LogP contribution in [0, 0.1) is 28.1 Å². The van der Waals surface area contributed by atoms with Gasteiger partial charge in [0.1, 0.15) is 0 Å². The molecule has 2 saturated heterocycles. The van der Waals surface area contributed by atoms with E-state index in [-0.39, 0.29) is 16.8 Å². The van der Waals surface area contributed by atoms with Gasteiger partial charge in [0.05, 0.1) is 0 Å². The molecule has 0 N–H and O–H groups in total. The maximum atomic E-state index is 2.50. The SMILES string of the molecule is CC1(C)CB(C2=C(c3ccccc3)C(c3ccccc3)=C(B3CC(C)(C)C(C)(C)C3)CC2)CC1(C)C.[CH]1C=CC=C1.[Co]. The summed E-state index contributed by atoms with van der Waals surface area (Å²) in [6.45, 7) is 21.3. The van der Waals surface area contributed by atoms with E-state index in [1.807, 2.05) is 30.7 Å². The largest absolute Gasteiger partial charge is 0.172 e. The van der Waals surface area contributed by atoms with Crippen LogP contribution in [-0.4, -0.2) is 13.4 Å². The molecule has 2 radical (unpaired) electrons. The molecule has 2 aliphatic carbocycles. The van der Waals surface area contributed by atoms with Crippen molar-refractivity contribution in [3.63, 3.8) is 0 Å². The predicted molar refractivity (Wildman–Crippen MR) is 184 cm³/mol. The Morgan fingerprint density at radius 3 is 1.02 bits per heavy atom. The van der Waals surface area contributed by atoms with Crippen LogP contribution >= 0.6 is 0 Å². The second-order valence-electron chi connectivity index (χ2n) is 15.7. The summed E-state index contributed by atoms with van der Waals surface area (Å²) < 4.78 is 0. The second kappa shape index (κ2) is 12.6. The fourth-order valence-corrected chi connectivity index (χ4v) is 8.05. The minimum absolute atomic E-state index is 0. The van der Waals surface area contributed by atoms with E-state index in [0.29, 0.717) is 35.1 Å². The molecule has 2 aromatic rings. The molecule has 0 nitrogen and oxygen atoms in total. The topological polar surface area (TPSA) is 0 Å². The van der Waals surface area contributed by atoms with Crippen molar-refractivity contribution in [3.05, 3.63) is 113 Å². The zero-order chi connectivity index (χ0) is 29.5. The molecule has 0 amide bonds. The van der Waals surface area contributed by atoms with Gasteiger partial charge < -0.3 is 0 Å². The summed E-state index contributed by atoms with van der Waals surface area (Å²) in [7, 11) is 0. The molecular formula is C39H51B2Co. The first-order chi connectivity index (χ1) is 19.3. The van der Waals surface area contributed by atoms with Gasteiger partial charge in [0.25, 0.3) is 0 Å². The standard InChI is InChI=1S/C34H46B2.C5H5.Co/c1-31(2)21-35(22-32(31,3)4)27-19-20-28(36-23-33(5,6)34(7,8)24-36)30(26-17-13-10-14-18-26)29(27)25-15-11-9-12-16-25;1-2-4-5-3-1;/h9-18H,19-24H2,1-8H3;1-5H;. The number of benzene rings is 2. The Kier molecular flexibility index (Phi) is 9.86. The first kappa shape index (κ1) is 32.9. The van der Waals surface area contributed by atoms with Gasteiger partial charge in [-0.3, -0.25) is 0 Å². The quantitative estimate of drug-likeness (QED) is 0.307. The van der Waals surface area contributed by atoms with Gasteiger partial charge in [-0.1, -0.05) is 177 Å². The Labute approximate surface area is 269 Å². The Morgan fingerprint density at radius 2 is 0.762 bits per heavy atom. The third-order valence-corrected chi connectivity index (χ3v) is 11.9. The zero-order valence-corrected chi connectivity index (χ0v) is 28.4. The van der Waals surface area contributed by atoms with E-state index in [4.69, 9.17) is 0 Å². The van der Waals surface area contributed by atoms with E-state index in [9.17, 15) is 0 Å². The summed E-state index contributed by atoms with van der Waals surface area (Å²) in [6.07, 6.45) is 17.6. The molecule has 0 atom stereocenters. The Bertz CT molecular complexity index is 1220. The minimum atomic E-state index is 0. The number of allylic oxidation sites excluding steroid dienone is 8. The van der Waals surface area contributed by atoms with Crippen LogP contribution in [-0.2, 0) is 16.8 Å². The number of hydrogen-bond acceptors (Lipinski definition) is 0. The third kappa shape index (κ3) is 6.44.